The van der Waals surface area contributed by atoms with Crippen molar-refractivity contribution in [3.63, 3.8) is 0 Å². The van der Waals surface area contributed by atoms with Crippen LogP contribution in [0.25, 0.3) is 0 Å². The van der Waals surface area contributed by atoms with Crippen molar-refractivity contribution in [2.45, 2.75) is 25.8 Å². The van der Waals surface area contributed by atoms with Gasteiger partial charge in [-0.3, -0.25) is 4.79 Å². The van der Waals surface area contributed by atoms with Gasteiger partial charge in [-0.1, -0.05) is 12.2 Å². The van der Waals surface area contributed by atoms with Crippen LogP contribution < -0.4 is 16.0 Å². The quantitative estimate of drug-likeness (QED) is 0.443. The summed E-state index contributed by atoms with van der Waals surface area (Å²) in [5.74, 6) is 0.0543. The largest absolute Gasteiger partial charge is 0.357 e. The second-order valence-corrected chi connectivity index (χ2v) is 5.03. The lowest BCUT2D eigenvalue weighted by Gasteiger charge is -2.16. The number of guanidine groups is 1. The topological polar surface area (TPSA) is 65.5 Å². The first-order valence-electron chi connectivity index (χ1n) is 7.42. The van der Waals surface area contributed by atoms with E-state index in [0.717, 1.165) is 19.4 Å². The third-order valence-electron chi connectivity index (χ3n) is 3.20. The molecule has 0 aromatic heterocycles. The first-order valence-corrected chi connectivity index (χ1v) is 7.42. The van der Waals surface area contributed by atoms with Crippen LogP contribution in [0.5, 0.6) is 0 Å². The third-order valence-corrected chi connectivity index (χ3v) is 3.20. The fourth-order valence-corrected chi connectivity index (χ4v) is 2.13. The number of nitrogens with zero attached hydrogens (tertiary/aromatic N) is 1. The standard InChI is InChI=1S/C16H21FN4O/c1-2-18-16(21-13-5-3-4-6-13)19-11-15(22)20-14-9-7-12(17)8-10-14/h3-4,7-10,13H,2,5-6,11H2,1H3,(H,20,22)(H2,18,19,21). The van der Waals surface area contributed by atoms with Crippen molar-refractivity contribution >= 4 is 17.6 Å². The maximum atomic E-state index is 12.8. The molecule has 0 unspecified atom stereocenters. The predicted molar refractivity (Wildman–Crippen MR) is 86.3 cm³/mol. The number of amides is 1. The van der Waals surface area contributed by atoms with E-state index in [2.05, 4.69) is 33.1 Å². The van der Waals surface area contributed by atoms with Crippen LogP contribution in [-0.2, 0) is 4.79 Å². The lowest BCUT2D eigenvalue weighted by Crippen LogP contribution is -2.42. The van der Waals surface area contributed by atoms with Crippen molar-refractivity contribution in [1.82, 2.24) is 10.6 Å². The SMILES string of the molecule is CCNC(=NCC(=O)Nc1ccc(F)cc1)NC1CC=CC1. The number of benzene rings is 1. The van der Waals surface area contributed by atoms with Crippen molar-refractivity contribution in [1.29, 1.82) is 0 Å². The molecule has 1 aromatic rings. The van der Waals surface area contributed by atoms with Crippen LogP contribution in [0.2, 0.25) is 0 Å². The zero-order valence-electron chi connectivity index (χ0n) is 12.6. The molecule has 1 aromatic carbocycles. The summed E-state index contributed by atoms with van der Waals surface area (Å²) < 4.78 is 12.8. The van der Waals surface area contributed by atoms with Gasteiger partial charge < -0.3 is 16.0 Å². The molecule has 0 heterocycles. The predicted octanol–water partition coefficient (Wildman–Crippen LogP) is 2.04. The van der Waals surface area contributed by atoms with Crippen LogP contribution in [0.1, 0.15) is 19.8 Å². The summed E-state index contributed by atoms with van der Waals surface area (Å²) in [5.41, 5.74) is 0.555. The molecule has 1 amide bonds. The Kier molecular flexibility index (Phi) is 5.94. The number of halogens is 1. The summed E-state index contributed by atoms with van der Waals surface area (Å²) >= 11 is 0. The molecule has 22 heavy (non-hydrogen) atoms. The van der Waals surface area contributed by atoms with E-state index in [1.54, 1.807) is 0 Å². The second kappa shape index (κ2) is 8.17. The van der Waals surface area contributed by atoms with Crippen LogP contribution in [0.3, 0.4) is 0 Å². The van der Waals surface area contributed by atoms with Gasteiger partial charge in [0.15, 0.2) is 5.96 Å². The molecule has 0 saturated carbocycles. The summed E-state index contributed by atoms with van der Waals surface area (Å²) in [4.78, 5) is 16.1. The lowest BCUT2D eigenvalue weighted by molar-refractivity contribution is -0.114. The van der Waals surface area contributed by atoms with E-state index < -0.39 is 0 Å². The normalized spacial score (nSPS) is 14.9. The van der Waals surface area contributed by atoms with Crippen molar-refractivity contribution in [3.05, 3.63) is 42.2 Å². The van der Waals surface area contributed by atoms with E-state index in [4.69, 9.17) is 0 Å². The average molecular weight is 304 g/mol. The highest BCUT2D eigenvalue weighted by Gasteiger charge is 2.12. The summed E-state index contributed by atoms with van der Waals surface area (Å²) in [6, 6.07) is 5.97. The van der Waals surface area contributed by atoms with Gasteiger partial charge in [0.2, 0.25) is 5.91 Å². The van der Waals surface area contributed by atoms with E-state index in [1.807, 2.05) is 6.92 Å². The zero-order chi connectivity index (χ0) is 15.8. The number of hydrogen-bond acceptors (Lipinski definition) is 2. The molecular formula is C16H21FN4O. The van der Waals surface area contributed by atoms with Crippen LogP contribution in [0.4, 0.5) is 10.1 Å². The summed E-state index contributed by atoms with van der Waals surface area (Å²) in [5, 5.41) is 9.09. The highest BCUT2D eigenvalue weighted by atomic mass is 19.1. The average Bonchev–Trinajstić information content (AvgIpc) is 3.00. The van der Waals surface area contributed by atoms with Crippen LogP contribution in [-0.4, -0.2) is 31.0 Å². The Balaban J connectivity index is 1.85. The molecule has 0 radical (unpaired) electrons. The minimum atomic E-state index is -0.333. The van der Waals surface area contributed by atoms with Crippen LogP contribution in [0.15, 0.2) is 41.4 Å². The molecule has 0 spiro atoms. The van der Waals surface area contributed by atoms with Gasteiger partial charge in [-0.15, -0.1) is 0 Å². The highest BCUT2D eigenvalue weighted by Crippen LogP contribution is 2.09. The number of aliphatic imine (C=N–C) groups is 1. The first kappa shape index (κ1) is 16.0. The van der Waals surface area contributed by atoms with Gasteiger partial charge in [-0.25, -0.2) is 9.38 Å². The lowest BCUT2D eigenvalue weighted by atomic mass is 10.2. The van der Waals surface area contributed by atoms with Crippen LogP contribution in [0, 0.1) is 5.82 Å². The van der Waals surface area contributed by atoms with Crippen molar-refractivity contribution < 1.29 is 9.18 Å². The zero-order valence-corrected chi connectivity index (χ0v) is 12.6. The molecule has 0 aliphatic heterocycles. The Morgan fingerprint density at radius 2 is 1.95 bits per heavy atom. The molecule has 6 heteroatoms. The number of carbonyl (C=O) groups is 1. The maximum absolute atomic E-state index is 12.8. The fourth-order valence-electron chi connectivity index (χ4n) is 2.13. The summed E-state index contributed by atoms with van der Waals surface area (Å²) in [6.07, 6.45) is 6.18. The Labute approximate surface area is 129 Å². The van der Waals surface area contributed by atoms with E-state index in [9.17, 15) is 9.18 Å². The van der Waals surface area contributed by atoms with E-state index >= 15 is 0 Å². The number of carbonyl (C=O) groups excluding carboxylic acids is 1. The number of nitrogens with one attached hydrogen (secondary N) is 3. The minimum absolute atomic E-state index is 0.00680. The van der Waals surface area contributed by atoms with Gasteiger partial charge in [-0.2, -0.15) is 0 Å². The minimum Gasteiger partial charge on any atom is -0.357 e. The van der Waals surface area contributed by atoms with Gasteiger partial charge in [0.1, 0.15) is 12.4 Å². The summed E-state index contributed by atoms with van der Waals surface area (Å²) in [6.45, 7) is 2.71. The smallest absolute Gasteiger partial charge is 0.246 e. The molecule has 0 atom stereocenters. The molecule has 118 valence electrons. The van der Waals surface area contributed by atoms with Gasteiger partial charge >= 0.3 is 0 Å². The molecule has 0 bridgehead atoms. The molecule has 1 aliphatic carbocycles. The molecule has 3 N–H and O–H groups in total. The van der Waals surface area contributed by atoms with Crippen molar-refractivity contribution in [2.24, 2.45) is 4.99 Å². The molecule has 2 rings (SSSR count). The van der Waals surface area contributed by atoms with Crippen LogP contribution >= 0.6 is 0 Å². The molecule has 0 fully saturated rings. The van der Waals surface area contributed by atoms with E-state index in [-0.39, 0.29) is 18.3 Å². The second-order valence-electron chi connectivity index (χ2n) is 5.03. The van der Waals surface area contributed by atoms with Crippen molar-refractivity contribution in [2.75, 3.05) is 18.4 Å². The third kappa shape index (κ3) is 5.20. The Hall–Kier alpha value is -2.37. The van der Waals surface area contributed by atoms with Gasteiger partial charge in [0, 0.05) is 18.3 Å². The van der Waals surface area contributed by atoms with Crippen molar-refractivity contribution in [3.8, 4) is 0 Å². The molecule has 0 saturated heterocycles. The first-order chi connectivity index (χ1) is 10.7. The fraction of sp³-hybridized carbons (Fsp3) is 0.375. The Bertz CT molecular complexity index is 546. The monoisotopic (exact) mass is 304 g/mol. The van der Waals surface area contributed by atoms with E-state index in [0.29, 0.717) is 17.7 Å². The van der Waals surface area contributed by atoms with E-state index in [1.165, 1.54) is 24.3 Å². The Morgan fingerprint density at radius 3 is 2.59 bits per heavy atom. The van der Waals surface area contributed by atoms with Gasteiger partial charge in [-0.05, 0) is 44.0 Å². The van der Waals surface area contributed by atoms with Gasteiger partial charge in [0.25, 0.3) is 0 Å². The molecule has 1 aliphatic rings. The number of rotatable bonds is 5. The number of hydrogen-bond donors (Lipinski definition) is 3. The molecule has 5 nitrogen and oxygen atoms in total. The molecular weight excluding hydrogens is 283 g/mol. The van der Waals surface area contributed by atoms with Gasteiger partial charge in [0.05, 0.1) is 0 Å². The Morgan fingerprint density at radius 1 is 1.27 bits per heavy atom. The maximum Gasteiger partial charge on any atom is 0.246 e. The number of anilines is 1. The summed E-state index contributed by atoms with van der Waals surface area (Å²) in [7, 11) is 0. The highest BCUT2D eigenvalue weighted by molar-refractivity contribution is 5.94.